The van der Waals surface area contributed by atoms with Crippen LogP contribution in [0.1, 0.15) is 18.1 Å². The summed E-state index contributed by atoms with van der Waals surface area (Å²) in [4.78, 5) is 0. The first-order valence-electron chi connectivity index (χ1n) is 10.9. The van der Waals surface area contributed by atoms with E-state index in [0.29, 0.717) is 57.6 Å². The lowest BCUT2D eigenvalue weighted by Crippen LogP contribution is -2.16. The number of rotatable bonds is 10. The molecular weight excluding hydrogens is 507 g/mol. The van der Waals surface area contributed by atoms with Crippen LogP contribution in [0.5, 0.6) is 17.2 Å². The summed E-state index contributed by atoms with van der Waals surface area (Å²) in [6.07, 6.45) is 0. The lowest BCUT2D eigenvalue weighted by atomic mass is 10.2. The van der Waals surface area contributed by atoms with Crippen LogP contribution in [0.2, 0.25) is 10.0 Å². The number of hydrogen-bond donors (Lipinski definition) is 2. The smallest absolute Gasteiger partial charge is 0.214 e. The first-order valence-corrected chi connectivity index (χ1v) is 12.0. The molecule has 4 rings (SSSR count). The number of halogens is 2. The van der Waals surface area contributed by atoms with Crippen LogP contribution < -0.4 is 19.6 Å². The predicted octanol–water partition coefficient (Wildman–Crippen LogP) is 6.64. The van der Waals surface area contributed by atoms with E-state index < -0.39 is 0 Å². The highest BCUT2D eigenvalue weighted by Gasteiger charge is 2.16. The van der Waals surface area contributed by atoms with Crippen LogP contribution in [-0.2, 0) is 13.2 Å². The molecule has 1 heterocycles. The summed E-state index contributed by atoms with van der Waals surface area (Å²) in [7, 11) is 1.62. The largest absolute Gasteiger partial charge is 0.496 e. The second kappa shape index (κ2) is 11.5. The highest BCUT2D eigenvalue weighted by atomic mass is 35.5. The lowest BCUT2D eigenvalue weighted by Gasteiger charge is -2.17. The lowest BCUT2D eigenvalue weighted by molar-refractivity contribution is 0.269. The van der Waals surface area contributed by atoms with Gasteiger partial charge in [-0.25, -0.2) is 9.77 Å². The number of methoxy groups -OCH3 is 1. The van der Waals surface area contributed by atoms with Crippen molar-refractivity contribution in [2.24, 2.45) is 0 Å². The zero-order valence-corrected chi connectivity index (χ0v) is 21.5. The van der Waals surface area contributed by atoms with Gasteiger partial charge in [-0.15, -0.1) is 0 Å². The number of ether oxygens (including phenoxy) is 3. The Labute approximate surface area is 218 Å². The van der Waals surface area contributed by atoms with E-state index in [1.54, 1.807) is 11.8 Å². The van der Waals surface area contributed by atoms with Gasteiger partial charge >= 0.3 is 0 Å². The molecule has 3 aromatic carbocycles. The molecule has 2 N–H and O–H groups in total. The molecule has 0 saturated heterocycles. The number of aromatic nitrogens is 3. The number of para-hydroxylation sites is 1. The maximum Gasteiger partial charge on any atom is 0.214 e. The SMILES string of the molecule is CCOc1cc(CNn2c(-c3ccccc3OC)n[nH]c2=S)cc(Cl)c1OCc1cccc(Cl)c1. The van der Waals surface area contributed by atoms with Crippen LogP contribution in [0.3, 0.4) is 0 Å². The van der Waals surface area contributed by atoms with Crippen molar-refractivity contribution in [2.45, 2.75) is 20.1 Å². The Kier molecular flexibility index (Phi) is 8.17. The van der Waals surface area contributed by atoms with Crippen molar-refractivity contribution in [3.05, 3.63) is 86.6 Å². The topological polar surface area (TPSA) is 73.3 Å². The number of aromatic amines is 1. The minimum absolute atomic E-state index is 0.310. The van der Waals surface area contributed by atoms with E-state index in [-0.39, 0.29) is 0 Å². The van der Waals surface area contributed by atoms with Gasteiger partial charge in [0, 0.05) is 5.02 Å². The predicted molar refractivity (Wildman–Crippen MR) is 141 cm³/mol. The van der Waals surface area contributed by atoms with E-state index in [9.17, 15) is 0 Å². The summed E-state index contributed by atoms with van der Waals surface area (Å²) in [6, 6.07) is 18.8. The van der Waals surface area contributed by atoms with Crippen LogP contribution in [0, 0.1) is 4.77 Å². The van der Waals surface area contributed by atoms with E-state index >= 15 is 0 Å². The van der Waals surface area contributed by atoms with Crippen LogP contribution in [0.4, 0.5) is 0 Å². The van der Waals surface area contributed by atoms with E-state index in [4.69, 9.17) is 49.6 Å². The standard InChI is InChI=1S/C25H24Cl2N4O3S/c1-3-33-22-13-17(12-20(27)23(22)34-15-16-7-6-8-18(26)11-16)14-28-31-24(29-30-25(31)35)19-9-4-5-10-21(19)32-2/h4-13,28H,3,14-15H2,1-2H3,(H,30,35). The average Bonchev–Trinajstić information content (AvgIpc) is 3.22. The zero-order chi connectivity index (χ0) is 24.8. The first kappa shape index (κ1) is 24.9. The summed E-state index contributed by atoms with van der Waals surface area (Å²) in [6.45, 7) is 3.09. The summed E-state index contributed by atoms with van der Waals surface area (Å²) in [5.74, 6) is 2.32. The molecule has 182 valence electrons. The molecule has 4 aromatic rings. The van der Waals surface area contributed by atoms with Gasteiger partial charge in [-0.2, -0.15) is 5.10 Å². The van der Waals surface area contributed by atoms with E-state index in [0.717, 1.165) is 16.7 Å². The molecule has 0 spiro atoms. The number of benzene rings is 3. The third-order valence-corrected chi connectivity index (χ3v) is 5.89. The van der Waals surface area contributed by atoms with Gasteiger partial charge in [0.15, 0.2) is 17.3 Å². The monoisotopic (exact) mass is 530 g/mol. The first-order chi connectivity index (χ1) is 17.0. The van der Waals surface area contributed by atoms with Gasteiger partial charge in [0.1, 0.15) is 12.4 Å². The normalized spacial score (nSPS) is 10.7. The minimum atomic E-state index is 0.310. The van der Waals surface area contributed by atoms with Gasteiger partial charge in [0.2, 0.25) is 4.77 Å². The van der Waals surface area contributed by atoms with E-state index in [1.165, 1.54) is 0 Å². The molecule has 0 amide bonds. The Morgan fingerprint density at radius 1 is 1.00 bits per heavy atom. The van der Waals surface area contributed by atoms with Crippen LogP contribution in [-0.4, -0.2) is 28.6 Å². The maximum absolute atomic E-state index is 6.61. The van der Waals surface area contributed by atoms with Crippen molar-refractivity contribution in [3.63, 3.8) is 0 Å². The van der Waals surface area contributed by atoms with Gasteiger partial charge < -0.3 is 19.6 Å². The van der Waals surface area contributed by atoms with Crippen molar-refractivity contribution in [3.8, 4) is 28.6 Å². The Balaban J connectivity index is 1.56. The van der Waals surface area contributed by atoms with Crippen molar-refractivity contribution in [1.82, 2.24) is 14.9 Å². The Morgan fingerprint density at radius 3 is 2.60 bits per heavy atom. The zero-order valence-electron chi connectivity index (χ0n) is 19.2. The van der Waals surface area contributed by atoms with Crippen molar-refractivity contribution in [2.75, 3.05) is 19.1 Å². The molecule has 0 radical (unpaired) electrons. The third kappa shape index (κ3) is 5.90. The van der Waals surface area contributed by atoms with Crippen molar-refractivity contribution >= 4 is 35.4 Å². The molecule has 10 heteroatoms. The average molecular weight is 531 g/mol. The number of nitrogens with one attached hydrogen (secondary N) is 2. The van der Waals surface area contributed by atoms with Gasteiger partial charge in [0.05, 0.1) is 30.8 Å². The Morgan fingerprint density at radius 2 is 1.83 bits per heavy atom. The second-order valence-corrected chi connectivity index (χ2v) is 8.71. The molecule has 0 aliphatic rings. The highest BCUT2D eigenvalue weighted by molar-refractivity contribution is 7.71. The van der Waals surface area contributed by atoms with Crippen LogP contribution in [0.15, 0.2) is 60.7 Å². The molecular formula is C25H24Cl2N4O3S. The third-order valence-electron chi connectivity index (χ3n) is 5.10. The summed E-state index contributed by atoms with van der Waals surface area (Å²) in [5.41, 5.74) is 5.91. The molecule has 0 atom stereocenters. The van der Waals surface area contributed by atoms with E-state index in [2.05, 4.69) is 15.6 Å². The molecule has 1 aromatic heterocycles. The van der Waals surface area contributed by atoms with Gasteiger partial charge in [-0.1, -0.05) is 47.5 Å². The van der Waals surface area contributed by atoms with Crippen molar-refractivity contribution in [1.29, 1.82) is 0 Å². The fourth-order valence-corrected chi connectivity index (χ4v) is 4.23. The van der Waals surface area contributed by atoms with Gasteiger partial charge in [-0.3, -0.25) is 0 Å². The number of hydrogen-bond acceptors (Lipinski definition) is 6. The minimum Gasteiger partial charge on any atom is -0.496 e. The molecule has 35 heavy (non-hydrogen) atoms. The molecule has 0 bridgehead atoms. The number of H-pyrrole nitrogens is 1. The Bertz CT molecular complexity index is 1370. The quantitative estimate of drug-likeness (QED) is 0.224. The van der Waals surface area contributed by atoms with Gasteiger partial charge in [-0.05, 0) is 66.7 Å². The Hall–Kier alpha value is -3.20. The maximum atomic E-state index is 6.61. The number of nitrogens with zero attached hydrogens (tertiary/aromatic N) is 2. The fraction of sp³-hybridized carbons (Fsp3) is 0.200. The van der Waals surface area contributed by atoms with E-state index in [1.807, 2.05) is 67.6 Å². The van der Waals surface area contributed by atoms with Crippen LogP contribution in [0.25, 0.3) is 11.4 Å². The molecule has 0 aliphatic heterocycles. The van der Waals surface area contributed by atoms with Crippen molar-refractivity contribution < 1.29 is 14.2 Å². The summed E-state index contributed by atoms with van der Waals surface area (Å²) < 4.78 is 19.4. The van der Waals surface area contributed by atoms with Gasteiger partial charge in [0.25, 0.3) is 0 Å². The molecule has 0 fully saturated rings. The molecule has 0 aliphatic carbocycles. The molecule has 7 nitrogen and oxygen atoms in total. The molecule has 0 saturated carbocycles. The fourth-order valence-electron chi connectivity index (χ4n) is 3.53. The summed E-state index contributed by atoms with van der Waals surface area (Å²) >= 11 is 18.1. The van der Waals surface area contributed by atoms with Crippen LogP contribution >= 0.6 is 35.4 Å². The highest BCUT2D eigenvalue weighted by Crippen LogP contribution is 2.37. The summed E-state index contributed by atoms with van der Waals surface area (Å²) in [5, 5.41) is 8.28. The second-order valence-electron chi connectivity index (χ2n) is 7.48. The molecule has 0 unspecified atom stereocenters.